The van der Waals surface area contributed by atoms with Gasteiger partial charge in [-0.3, -0.25) is 0 Å². The van der Waals surface area contributed by atoms with E-state index >= 15 is 0 Å². The van der Waals surface area contributed by atoms with Crippen LogP contribution in [0.2, 0.25) is 0 Å². The van der Waals surface area contributed by atoms with Gasteiger partial charge in [0.15, 0.2) is 0 Å². The Balaban J connectivity index is 2.09. The van der Waals surface area contributed by atoms with Crippen molar-refractivity contribution in [1.82, 2.24) is 0 Å². The molecule has 1 aromatic carbocycles. The van der Waals surface area contributed by atoms with Crippen LogP contribution in [-0.2, 0) is 0 Å². The number of hydrogen-bond donors (Lipinski definition) is 2. The summed E-state index contributed by atoms with van der Waals surface area (Å²) in [6.07, 6.45) is 6.32. The second-order valence-corrected chi connectivity index (χ2v) is 7.02. The molecule has 21 heavy (non-hydrogen) atoms. The van der Waals surface area contributed by atoms with E-state index in [1.165, 1.54) is 12.8 Å². The summed E-state index contributed by atoms with van der Waals surface area (Å²) in [4.78, 5) is 1.01. The molecule has 4 heteroatoms. The van der Waals surface area contributed by atoms with Crippen LogP contribution in [0, 0.1) is 11.3 Å². The van der Waals surface area contributed by atoms with E-state index in [4.69, 9.17) is 0 Å². The maximum atomic E-state index is 10.7. The SMILES string of the molecule is CCSc1cccc(NCC2(O)CCCCCC2)c1C#N. The van der Waals surface area contributed by atoms with Crippen molar-refractivity contribution in [3.05, 3.63) is 23.8 Å². The molecular formula is C17H24N2OS. The molecule has 1 aliphatic rings. The first-order chi connectivity index (χ1) is 10.2. The number of nitrogens with zero attached hydrogens (tertiary/aromatic N) is 1. The minimum Gasteiger partial charge on any atom is -0.388 e. The standard InChI is InChI=1S/C17H24N2OS/c1-2-21-16-9-7-8-15(14(16)12-18)19-13-17(20)10-5-3-4-6-11-17/h7-9,19-20H,2-6,10-11,13H2,1H3. The van der Waals surface area contributed by atoms with Crippen molar-refractivity contribution in [3.8, 4) is 6.07 Å². The van der Waals surface area contributed by atoms with Crippen molar-refractivity contribution in [2.75, 3.05) is 17.6 Å². The predicted octanol–water partition coefficient (Wildman–Crippen LogP) is 4.17. The number of aliphatic hydroxyl groups is 1. The molecule has 0 radical (unpaired) electrons. The summed E-state index contributed by atoms with van der Waals surface area (Å²) in [6.45, 7) is 2.61. The van der Waals surface area contributed by atoms with Gasteiger partial charge in [0.1, 0.15) is 6.07 Å². The van der Waals surface area contributed by atoms with Gasteiger partial charge >= 0.3 is 0 Å². The lowest BCUT2D eigenvalue weighted by Gasteiger charge is -2.27. The topological polar surface area (TPSA) is 56.0 Å². The van der Waals surface area contributed by atoms with E-state index in [0.29, 0.717) is 12.1 Å². The Bertz CT molecular complexity index is 502. The third kappa shape index (κ3) is 4.39. The van der Waals surface area contributed by atoms with Crippen LogP contribution in [0.3, 0.4) is 0 Å². The Morgan fingerprint density at radius 2 is 2.00 bits per heavy atom. The number of thioether (sulfide) groups is 1. The van der Waals surface area contributed by atoms with Crippen molar-refractivity contribution in [2.24, 2.45) is 0 Å². The van der Waals surface area contributed by atoms with Gasteiger partial charge < -0.3 is 10.4 Å². The quantitative estimate of drug-likeness (QED) is 0.633. The van der Waals surface area contributed by atoms with Crippen molar-refractivity contribution >= 4 is 17.4 Å². The highest BCUT2D eigenvalue weighted by Crippen LogP contribution is 2.30. The lowest BCUT2D eigenvalue weighted by Crippen LogP contribution is -2.36. The largest absolute Gasteiger partial charge is 0.388 e. The van der Waals surface area contributed by atoms with Gasteiger partial charge in [0.2, 0.25) is 0 Å². The second-order valence-electron chi connectivity index (χ2n) is 5.72. The third-order valence-corrected chi connectivity index (χ3v) is 5.02. The predicted molar refractivity (Wildman–Crippen MR) is 88.7 cm³/mol. The highest BCUT2D eigenvalue weighted by atomic mass is 32.2. The first-order valence-electron chi connectivity index (χ1n) is 7.81. The molecule has 0 amide bonds. The Labute approximate surface area is 131 Å². The third-order valence-electron chi connectivity index (χ3n) is 4.08. The molecule has 114 valence electrons. The second kappa shape index (κ2) is 7.72. The molecule has 0 atom stereocenters. The van der Waals surface area contributed by atoms with Crippen molar-refractivity contribution in [2.45, 2.75) is 55.9 Å². The molecule has 1 saturated carbocycles. The molecule has 2 rings (SSSR count). The monoisotopic (exact) mass is 304 g/mol. The molecule has 1 aromatic rings. The fourth-order valence-electron chi connectivity index (χ4n) is 2.89. The average Bonchev–Trinajstić information content (AvgIpc) is 2.71. The van der Waals surface area contributed by atoms with Crippen LogP contribution in [0.25, 0.3) is 0 Å². The molecular weight excluding hydrogens is 280 g/mol. The zero-order valence-corrected chi connectivity index (χ0v) is 13.5. The van der Waals surface area contributed by atoms with Crippen LogP contribution < -0.4 is 5.32 Å². The van der Waals surface area contributed by atoms with Gasteiger partial charge in [-0.15, -0.1) is 11.8 Å². The molecule has 1 aliphatic carbocycles. The van der Waals surface area contributed by atoms with Gasteiger partial charge in [0, 0.05) is 11.4 Å². The lowest BCUT2D eigenvalue weighted by atomic mass is 9.94. The molecule has 1 fully saturated rings. The lowest BCUT2D eigenvalue weighted by molar-refractivity contribution is 0.0381. The average molecular weight is 304 g/mol. The Morgan fingerprint density at radius 1 is 1.29 bits per heavy atom. The van der Waals surface area contributed by atoms with E-state index in [1.807, 2.05) is 18.2 Å². The van der Waals surface area contributed by atoms with Crippen LogP contribution in [-0.4, -0.2) is 23.0 Å². The summed E-state index contributed by atoms with van der Waals surface area (Å²) in [7, 11) is 0. The van der Waals surface area contributed by atoms with Crippen LogP contribution in [0.5, 0.6) is 0 Å². The molecule has 0 spiro atoms. The van der Waals surface area contributed by atoms with Crippen molar-refractivity contribution < 1.29 is 5.11 Å². The summed E-state index contributed by atoms with van der Waals surface area (Å²) >= 11 is 1.68. The fraction of sp³-hybridized carbons (Fsp3) is 0.588. The van der Waals surface area contributed by atoms with Crippen LogP contribution in [0.1, 0.15) is 51.0 Å². The first-order valence-corrected chi connectivity index (χ1v) is 8.79. The molecule has 0 bridgehead atoms. The van der Waals surface area contributed by atoms with Gasteiger partial charge in [0.05, 0.1) is 16.9 Å². The van der Waals surface area contributed by atoms with Gasteiger partial charge in [0.25, 0.3) is 0 Å². The number of benzene rings is 1. The zero-order valence-electron chi connectivity index (χ0n) is 12.7. The molecule has 2 N–H and O–H groups in total. The summed E-state index contributed by atoms with van der Waals surface area (Å²) < 4.78 is 0. The molecule has 0 heterocycles. The zero-order chi connectivity index (χ0) is 15.1. The normalized spacial score (nSPS) is 17.8. The minimum absolute atomic E-state index is 0.530. The van der Waals surface area contributed by atoms with E-state index in [0.717, 1.165) is 42.0 Å². The van der Waals surface area contributed by atoms with E-state index < -0.39 is 5.60 Å². The summed E-state index contributed by atoms with van der Waals surface area (Å²) in [5.74, 6) is 0.946. The molecule has 0 saturated heterocycles. The van der Waals surface area contributed by atoms with Gasteiger partial charge in [-0.2, -0.15) is 5.26 Å². The molecule has 3 nitrogen and oxygen atoms in total. The number of rotatable bonds is 5. The first kappa shape index (κ1) is 16.2. The Morgan fingerprint density at radius 3 is 2.62 bits per heavy atom. The van der Waals surface area contributed by atoms with Crippen molar-refractivity contribution in [3.63, 3.8) is 0 Å². The maximum absolute atomic E-state index is 10.7. The fourth-order valence-corrected chi connectivity index (χ4v) is 3.68. The van der Waals surface area contributed by atoms with Gasteiger partial charge in [-0.1, -0.05) is 38.7 Å². The molecule has 0 aliphatic heterocycles. The van der Waals surface area contributed by atoms with Gasteiger partial charge in [-0.05, 0) is 30.7 Å². The van der Waals surface area contributed by atoms with Crippen LogP contribution in [0.4, 0.5) is 5.69 Å². The highest BCUT2D eigenvalue weighted by Gasteiger charge is 2.27. The van der Waals surface area contributed by atoms with Crippen LogP contribution >= 0.6 is 11.8 Å². The van der Waals surface area contributed by atoms with Crippen LogP contribution in [0.15, 0.2) is 23.1 Å². The highest BCUT2D eigenvalue weighted by molar-refractivity contribution is 7.99. The number of hydrogen-bond acceptors (Lipinski definition) is 4. The van der Waals surface area contributed by atoms with E-state index in [2.05, 4.69) is 18.3 Å². The maximum Gasteiger partial charge on any atom is 0.102 e. The summed E-state index contributed by atoms with van der Waals surface area (Å²) in [5, 5.41) is 23.4. The van der Waals surface area contributed by atoms with Gasteiger partial charge in [-0.25, -0.2) is 0 Å². The minimum atomic E-state index is -0.628. The summed E-state index contributed by atoms with van der Waals surface area (Å²) in [6, 6.07) is 8.18. The summed E-state index contributed by atoms with van der Waals surface area (Å²) in [5.41, 5.74) is 0.909. The van der Waals surface area contributed by atoms with Crippen molar-refractivity contribution in [1.29, 1.82) is 5.26 Å². The Hall–Kier alpha value is -1.18. The van der Waals surface area contributed by atoms with E-state index in [-0.39, 0.29) is 0 Å². The van der Waals surface area contributed by atoms with E-state index in [1.54, 1.807) is 11.8 Å². The number of anilines is 1. The molecule has 0 aromatic heterocycles. The molecule has 0 unspecified atom stereocenters. The number of nitrogens with one attached hydrogen (secondary N) is 1. The smallest absolute Gasteiger partial charge is 0.102 e. The number of nitriles is 1. The van der Waals surface area contributed by atoms with E-state index in [9.17, 15) is 10.4 Å². The Kier molecular flexibility index (Phi) is 5.96.